The summed E-state index contributed by atoms with van der Waals surface area (Å²) >= 11 is 0. The Morgan fingerprint density at radius 3 is 2.44 bits per heavy atom. The van der Waals surface area contributed by atoms with Gasteiger partial charge in [-0.15, -0.1) is 6.58 Å². The van der Waals surface area contributed by atoms with E-state index in [1.165, 1.54) is 19.3 Å². The summed E-state index contributed by atoms with van der Waals surface area (Å²) in [6, 6.07) is 0. The Bertz CT molecular complexity index is 248. The van der Waals surface area contributed by atoms with Crippen LogP contribution in [-0.2, 0) is 4.74 Å². The van der Waals surface area contributed by atoms with E-state index in [-0.39, 0.29) is 0 Å². The van der Waals surface area contributed by atoms with E-state index in [2.05, 4.69) is 19.7 Å². The molecule has 0 heterocycles. The van der Waals surface area contributed by atoms with Gasteiger partial charge in [0.05, 0.1) is 6.61 Å². The minimum absolute atomic E-state index is 0.725. The Hall–Kier alpha value is -1.24. The highest BCUT2D eigenvalue weighted by molar-refractivity contribution is 5.21. The summed E-state index contributed by atoms with van der Waals surface area (Å²) in [6.07, 6.45) is 11.6. The lowest BCUT2D eigenvalue weighted by molar-refractivity contribution is 0.218. The highest BCUT2D eigenvalue weighted by Gasteiger charge is 1.92. The van der Waals surface area contributed by atoms with Crippen molar-refractivity contribution in [1.29, 1.82) is 0 Å². The van der Waals surface area contributed by atoms with Gasteiger partial charge in [-0.25, -0.2) is 0 Å². The van der Waals surface area contributed by atoms with Crippen molar-refractivity contribution >= 4 is 0 Å². The van der Waals surface area contributed by atoms with Crippen LogP contribution < -0.4 is 0 Å². The summed E-state index contributed by atoms with van der Waals surface area (Å²) in [5, 5.41) is 0. The van der Waals surface area contributed by atoms with Crippen LogP contribution in [0.15, 0.2) is 49.3 Å². The highest BCUT2D eigenvalue weighted by Crippen LogP contribution is 2.07. The average Bonchev–Trinajstić information content (AvgIpc) is 2.27. The molecule has 0 fully saturated rings. The Balaban J connectivity index is 3.41. The van der Waals surface area contributed by atoms with E-state index in [0.717, 1.165) is 30.8 Å². The molecule has 0 radical (unpaired) electrons. The van der Waals surface area contributed by atoms with E-state index in [0.29, 0.717) is 0 Å². The van der Waals surface area contributed by atoms with Gasteiger partial charge in [0, 0.05) is 0 Å². The van der Waals surface area contributed by atoms with E-state index >= 15 is 0 Å². The molecule has 90 valence electrons. The molecule has 1 nitrogen and oxygen atoms in total. The summed E-state index contributed by atoms with van der Waals surface area (Å²) in [5.74, 6) is 0.725. The number of allylic oxidation sites excluding steroid dienone is 4. The molecule has 0 unspecified atom stereocenters. The fourth-order valence-corrected chi connectivity index (χ4v) is 1.30. The SMILES string of the molecule is C=CCCCCCCOC(=C)/C=C(/C)C=C. The zero-order valence-corrected chi connectivity index (χ0v) is 10.5. The van der Waals surface area contributed by atoms with Crippen molar-refractivity contribution in [2.75, 3.05) is 6.61 Å². The number of unbranched alkanes of at least 4 members (excludes halogenated alkanes) is 4. The van der Waals surface area contributed by atoms with E-state index in [1.54, 1.807) is 6.08 Å². The summed E-state index contributed by atoms with van der Waals surface area (Å²) in [4.78, 5) is 0. The highest BCUT2D eigenvalue weighted by atomic mass is 16.5. The third-order valence-electron chi connectivity index (χ3n) is 2.30. The normalized spacial score (nSPS) is 10.9. The first-order valence-electron chi connectivity index (χ1n) is 5.94. The molecule has 0 amide bonds. The fraction of sp³-hybridized carbons (Fsp3) is 0.467. The monoisotopic (exact) mass is 220 g/mol. The van der Waals surface area contributed by atoms with Crippen molar-refractivity contribution in [2.45, 2.75) is 39.0 Å². The van der Waals surface area contributed by atoms with Gasteiger partial charge in [0.1, 0.15) is 5.76 Å². The van der Waals surface area contributed by atoms with Gasteiger partial charge in [0.2, 0.25) is 0 Å². The van der Waals surface area contributed by atoms with E-state index in [9.17, 15) is 0 Å². The molecule has 0 aromatic heterocycles. The molecule has 0 aliphatic carbocycles. The topological polar surface area (TPSA) is 9.23 Å². The van der Waals surface area contributed by atoms with E-state index in [4.69, 9.17) is 4.74 Å². The predicted molar refractivity (Wildman–Crippen MR) is 72.3 cm³/mol. The second-order valence-corrected chi connectivity index (χ2v) is 3.90. The molecule has 0 bridgehead atoms. The molecule has 0 N–H and O–H groups in total. The van der Waals surface area contributed by atoms with Crippen molar-refractivity contribution in [2.24, 2.45) is 0 Å². The number of hydrogen-bond acceptors (Lipinski definition) is 1. The maximum Gasteiger partial charge on any atom is 0.112 e. The van der Waals surface area contributed by atoms with Gasteiger partial charge in [0.15, 0.2) is 0 Å². The van der Waals surface area contributed by atoms with Crippen LogP contribution in [0.25, 0.3) is 0 Å². The predicted octanol–water partition coefficient (Wildman–Crippen LogP) is 4.79. The third-order valence-corrected chi connectivity index (χ3v) is 2.30. The lowest BCUT2D eigenvalue weighted by Crippen LogP contribution is -1.92. The molecule has 16 heavy (non-hydrogen) atoms. The zero-order chi connectivity index (χ0) is 12.2. The van der Waals surface area contributed by atoms with Gasteiger partial charge in [0.25, 0.3) is 0 Å². The summed E-state index contributed by atoms with van der Waals surface area (Å²) in [5.41, 5.74) is 1.08. The van der Waals surface area contributed by atoms with Gasteiger partial charge in [-0.05, 0) is 37.8 Å². The summed E-state index contributed by atoms with van der Waals surface area (Å²) in [7, 11) is 0. The molecule has 0 saturated carbocycles. The molecule has 0 aliphatic rings. The van der Waals surface area contributed by atoms with Gasteiger partial charge in [-0.2, -0.15) is 0 Å². The first-order chi connectivity index (χ1) is 7.70. The Morgan fingerprint density at radius 2 is 1.81 bits per heavy atom. The molecule has 0 aliphatic heterocycles. The van der Waals surface area contributed by atoms with E-state index < -0.39 is 0 Å². The van der Waals surface area contributed by atoms with E-state index in [1.807, 2.05) is 19.1 Å². The molecule has 0 aromatic rings. The van der Waals surface area contributed by atoms with Crippen molar-refractivity contribution in [3.05, 3.63) is 49.3 Å². The summed E-state index contributed by atoms with van der Waals surface area (Å²) in [6.45, 7) is 14.0. The van der Waals surface area contributed by atoms with Crippen LogP contribution in [-0.4, -0.2) is 6.61 Å². The minimum atomic E-state index is 0.725. The zero-order valence-electron chi connectivity index (χ0n) is 10.5. The van der Waals surface area contributed by atoms with Crippen LogP contribution in [0.3, 0.4) is 0 Å². The Labute approximate surface area is 100 Å². The second kappa shape index (κ2) is 10.3. The Kier molecular flexibility index (Phi) is 9.49. The molecule has 0 atom stereocenters. The molecular weight excluding hydrogens is 196 g/mol. The smallest absolute Gasteiger partial charge is 0.112 e. The third kappa shape index (κ3) is 9.32. The number of rotatable bonds is 10. The standard InChI is InChI=1S/C15H24O/c1-5-7-8-9-10-11-12-16-15(4)13-14(3)6-2/h5-6,13H,1-2,4,7-12H2,3H3/b14-13-. The molecule has 1 heteroatoms. The van der Waals surface area contributed by atoms with Gasteiger partial charge >= 0.3 is 0 Å². The van der Waals surface area contributed by atoms with Crippen molar-refractivity contribution in [3.8, 4) is 0 Å². The molecular formula is C15H24O. The van der Waals surface area contributed by atoms with Crippen LogP contribution >= 0.6 is 0 Å². The Morgan fingerprint density at radius 1 is 1.12 bits per heavy atom. The number of ether oxygens (including phenoxy) is 1. The second-order valence-electron chi connectivity index (χ2n) is 3.90. The van der Waals surface area contributed by atoms with Gasteiger partial charge in [-0.3, -0.25) is 0 Å². The van der Waals surface area contributed by atoms with Crippen LogP contribution in [0, 0.1) is 0 Å². The van der Waals surface area contributed by atoms with Gasteiger partial charge < -0.3 is 4.74 Å². The average molecular weight is 220 g/mol. The van der Waals surface area contributed by atoms with Crippen LogP contribution in [0.1, 0.15) is 39.0 Å². The lowest BCUT2D eigenvalue weighted by Gasteiger charge is -2.05. The first kappa shape index (κ1) is 14.8. The molecule has 0 aromatic carbocycles. The van der Waals surface area contributed by atoms with Crippen LogP contribution in [0.5, 0.6) is 0 Å². The molecule has 0 spiro atoms. The van der Waals surface area contributed by atoms with Crippen LogP contribution in [0.2, 0.25) is 0 Å². The van der Waals surface area contributed by atoms with Crippen molar-refractivity contribution in [3.63, 3.8) is 0 Å². The van der Waals surface area contributed by atoms with Crippen molar-refractivity contribution < 1.29 is 4.74 Å². The first-order valence-corrected chi connectivity index (χ1v) is 5.94. The van der Waals surface area contributed by atoms with Gasteiger partial charge in [-0.1, -0.05) is 38.2 Å². The maximum absolute atomic E-state index is 5.48. The quantitative estimate of drug-likeness (QED) is 0.223. The number of hydrogen-bond donors (Lipinski definition) is 0. The van der Waals surface area contributed by atoms with Crippen molar-refractivity contribution in [1.82, 2.24) is 0 Å². The minimum Gasteiger partial charge on any atom is -0.494 e. The lowest BCUT2D eigenvalue weighted by atomic mass is 10.1. The largest absolute Gasteiger partial charge is 0.494 e. The van der Waals surface area contributed by atoms with Crippen LogP contribution in [0.4, 0.5) is 0 Å². The molecule has 0 rings (SSSR count). The fourth-order valence-electron chi connectivity index (χ4n) is 1.30. The summed E-state index contributed by atoms with van der Waals surface area (Å²) < 4.78 is 5.48. The molecule has 0 saturated heterocycles. The maximum atomic E-state index is 5.48.